The average molecular weight is 159 g/mol. The van der Waals surface area contributed by atoms with Crippen LogP contribution in [-0.2, 0) is 0 Å². The summed E-state index contributed by atoms with van der Waals surface area (Å²) in [4.78, 5) is 0. The topological polar surface area (TPSA) is 46.2 Å². The van der Waals surface area contributed by atoms with Crippen LogP contribution in [0.15, 0.2) is 0 Å². The van der Waals surface area contributed by atoms with E-state index in [0.717, 1.165) is 19.3 Å². The summed E-state index contributed by atoms with van der Waals surface area (Å²) in [5, 5.41) is 8.53. The Morgan fingerprint density at radius 2 is 1.82 bits per heavy atom. The van der Waals surface area contributed by atoms with Crippen molar-refractivity contribution in [3.8, 4) is 0 Å². The van der Waals surface area contributed by atoms with Gasteiger partial charge in [0.1, 0.15) is 0 Å². The van der Waals surface area contributed by atoms with E-state index in [0.29, 0.717) is 6.04 Å². The lowest BCUT2D eigenvalue weighted by molar-refractivity contribution is 0.278. The predicted octanol–water partition coefficient (Wildman–Crippen LogP) is 1.67. The monoisotopic (exact) mass is 159 g/mol. The van der Waals surface area contributed by atoms with Gasteiger partial charge >= 0.3 is 0 Å². The molecule has 0 amide bonds. The van der Waals surface area contributed by atoms with Gasteiger partial charge in [-0.25, -0.2) is 0 Å². The van der Waals surface area contributed by atoms with Gasteiger partial charge in [0.15, 0.2) is 0 Å². The van der Waals surface area contributed by atoms with E-state index in [4.69, 9.17) is 10.8 Å². The number of rotatable bonds is 7. The summed E-state index contributed by atoms with van der Waals surface area (Å²) in [7, 11) is 0. The van der Waals surface area contributed by atoms with Crippen LogP contribution in [0, 0.1) is 0 Å². The first kappa shape index (κ1) is 10.9. The normalized spacial score (nSPS) is 13.4. The summed E-state index contributed by atoms with van der Waals surface area (Å²) in [5.41, 5.74) is 5.79. The molecule has 0 saturated heterocycles. The van der Waals surface area contributed by atoms with Crippen LogP contribution >= 0.6 is 0 Å². The van der Waals surface area contributed by atoms with Crippen LogP contribution < -0.4 is 5.73 Å². The number of nitrogens with two attached hydrogens (primary N) is 1. The molecule has 0 aromatic carbocycles. The van der Waals surface area contributed by atoms with Crippen LogP contribution in [0.1, 0.15) is 45.4 Å². The van der Waals surface area contributed by atoms with Crippen LogP contribution in [0.4, 0.5) is 0 Å². The Morgan fingerprint density at radius 3 is 2.36 bits per heavy atom. The first-order valence-corrected chi connectivity index (χ1v) is 4.67. The van der Waals surface area contributed by atoms with Gasteiger partial charge in [-0.1, -0.05) is 26.2 Å². The van der Waals surface area contributed by atoms with Crippen LogP contribution in [0.2, 0.25) is 0 Å². The van der Waals surface area contributed by atoms with E-state index in [1.165, 1.54) is 19.3 Å². The third kappa shape index (κ3) is 7.82. The molecule has 0 aliphatic heterocycles. The summed E-state index contributed by atoms with van der Waals surface area (Å²) in [5.74, 6) is 0. The lowest BCUT2D eigenvalue weighted by atomic mass is 10.1. The fraction of sp³-hybridized carbons (Fsp3) is 1.00. The highest BCUT2D eigenvalue weighted by atomic mass is 16.2. The Kier molecular flexibility index (Phi) is 7.96. The van der Waals surface area contributed by atoms with Gasteiger partial charge in [-0.2, -0.15) is 0 Å². The molecule has 0 bridgehead atoms. The standard InChI is InChI=1S/C9H21NO/c1-2-3-4-6-9(10)7-5-8-11/h9,11H,2-8,10H2,1H3. The van der Waals surface area contributed by atoms with Gasteiger partial charge in [0.2, 0.25) is 0 Å². The Bertz CT molecular complexity index is 76.0. The fourth-order valence-corrected chi connectivity index (χ4v) is 1.15. The van der Waals surface area contributed by atoms with Gasteiger partial charge in [-0.15, -0.1) is 0 Å². The number of aliphatic hydroxyl groups is 1. The van der Waals surface area contributed by atoms with Gasteiger partial charge in [0.05, 0.1) is 0 Å². The molecule has 0 aromatic rings. The lowest BCUT2D eigenvalue weighted by Crippen LogP contribution is -2.19. The van der Waals surface area contributed by atoms with Crippen molar-refractivity contribution in [1.82, 2.24) is 0 Å². The maximum atomic E-state index is 8.53. The van der Waals surface area contributed by atoms with Gasteiger partial charge < -0.3 is 10.8 Å². The molecule has 2 nitrogen and oxygen atoms in total. The van der Waals surface area contributed by atoms with E-state index in [-0.39, 0.29) is 6.61 Å². The Hall–Kier alpha value is -0.0800. The molecule has 0 fully saturated rings. The number of aliphatic hydroxyl groups excluding tert-OH is 1. The number of hydrogen-bond acceptors (Lipinski definition) is 2. The van der Waals surface area contributed by atoms with Gasteiger partial charge in [0.25, 0.3) is 0 Å². The smallest absolute Gasteiger partial charge is 0.0431 e. The second-order valence-electron chi connectivity index (χ2n) is 3.12. The molecular formula is C9H21NO. The van der Waals surface area contributed by atoms with Crippen molar-refractivity contribution in [2.75, 3.05) is 6.61 Å². The zero-order valence-electron chi connectivity index (χ0n) is 7.55. The van der Waals surface area contributed by atoms with Gasteiger partial charge in [-0.3, -0.25) is 0 Å². The van der Waals surface area contributed by atoms with Crippen molar-refractivity contribution in [3.63, 3.8) is 0 Å². The zero-order valence-corrected chi connectivity index (χ0v) is 7.55. The van der Waals surface area contributed by atoms with Crippen LogP contribution in [0.3, 0.4) is 0 Å². The largest absolute Gasteiger partial charge is 0.396 e. The van der Waals surface area contributed by atoms with Crippen LogP contribution in [0.25, 0.3) is 0 Å². The maximum Gasteiger partial charge on any atom is 0.0431 e. The minimum absolute atomic E-state index is 0.279. The number of hydrogen-bond donors (Lipinski definition) is 2. The van der Waals surface area contributed by atoms with Crippen molar-refractivity contribution in [3.05, 3.63) is 0 Å². The van der Waals surface area contributed by atoms with E-state index in [9.17, 15) is 0 Å². The van der Waals surface area contributed by atoms with Crippen molar-refractivity contribution >= 4 is 0 Å². The summed E-state index contributed by atoms with van der Waals surface area (Å²) in [6.07, 6.45) is 6.73. The molecule has 0 aromatic heterocycles. The van der Waals surface area contributed by atoms with Crippen LogP contribution in [-0.4, -0.2) is 17.8 Å². The number of unbranched alkanes of at least 4 members (excludes halogenated alkanes) is 2. The molecule has 1 unspecified atom stereocenters. The molecule has 0 spiro atoms. The van der Waals surface area contributed by atoms with E-state index >= 15 is 0 Å². The van der Waals surface area contributed by atoms with Crippen molar-refractivity contribution in [1.29, 1.82) is 0 Å². The third-order valence-corrected chi connectivity index (χ3v) is 1.91. The predicted molar refractivity (Wildman–Crippen MR) is 48.4 cm³/mol. The lowest BCUT2D eigenvalue weighted by Gasteiger charge is -2.09. The fourth-order valence-electron chi connectivity index (χ4n) is 1.15. The Balaban J connectivity index is 3.02. The van der Waals surface area contributed by atoms with Gasteiger partial charge in [0, 0.05) is 12.6 Å². The van der Waals surface area contributed by atoms with Crippen molar-refractivity contribution in [2.24, 2.45) is 5.73 Å². The van der Waals surface area contributed by atoms with E-state index in [1.807, 2.05) is 0 Å². The SMILES string of the molecule is CCCCCC(N)CCCO. The zero-order chi connectivity index (χ0) is 8.53. The molecule has 68 valence electrons. The highest BCUT2D eigenvalue weighted by Gasteiger charge is 2.00. The molecular weight excluding hydrogens is 138 g/mol. The highest BCUT2D eigenvalue weighted by molar-refractivity contribution is 4.60. The van der Waals surface area contributed by atoms with E-state index in [1.54, 1.807) is 0 Å². The molecule has 1 atom stereocenters. The summed E-state index contributed by atoms with van der Waals surface area (Å²) in [6.45, 7) is 2.47. The molecule has 0 saturated carbocycles. The highest BCUT2D eigenvalue weighted by Crippen LogP contribution is 2.05. The van der Waals surface area contributed by atoms with Crippen molar-refractivity contribution in [2.45, 2.75) is 51.5 Å². The van der Waals surface area contributed by atoms with E-state index < -0.39 is 0 Å². The second-order valence-corrected chi connectivity index (χ2v) is 3.12. The van der Waals surface area contributed by atoms with E-state index in [2.05, 4.69) is 6.92 Å². The minimum Gasteiger partial charge on any atom is -0.396 e. The quantitative estimate of drug-likeness (QED) is 0.555. The molecule has 0 rings (SSSR count). The van der Waals surface area contributed by atoms with Gasteiger partial charge in [-0.05, 0) is 19.3 Å². The summed E-state index contributed by atoms with van der Waals surface area (Å²) in [6, 6.07) is 0.314. The Morgan fingerprint density at radius 1 is 1.18 bits per heavy atom. The summed E-state index contributed by atoms with van der Waals surface area (Å²) >= 11 is 0. The maximum absolute atomic E-state index is 8.53. The minimum atomic E-state index is 0.279. The molecule has 2 heteroatoms. The average Bonchev–Trinajstić information content (AvgIpc) is 2.01. The molecule has 0 radical (unpaired) electrons. The first-order valence-electron chi connectivity index (χ1n) is 4.67. The Labute approximate surface area is 69.8 Å². The summed E-state index contributed by atoms with van der Waals surface area (Å²) < 4.78 is 0. The molecule has 0 aliphatic carbocycles. The second kappa shape index (κ2) is 8.02. The molecule has 3 N–H and O–H groups in total. The van der Waals surface area contributed by atoms with Crippen molar-refractivity contribution < 1.29 is 5.11 Å². The third-order valence-electron chi connectivity index (χ3n) is 1.91. The molecule has 0 heterocycles. The van der Waals surface area contributed by atoms with Crippen LogP contribution in [0.5, 0.6) is 0 Å². The molecule has 11 heavy (non-hydrogen) atoms. The first-order chi connectivity index (χ1) is 5.31. The molecule has 0 aliphatic rings.